The van der Waals surface area contributed by atoms with Gasteiger partial charge >= 0.3 is 0 Å². The summed E-state index contributed by atoms with van der Waals surface area (Å²) in [5.74, 6) is 0.440. The molecule has 8 nitrogen and oxygen atoms in total. The molecule has 0 saturated carbocycles. The van der Waals surface area contributed by atoms with Gasteiger partial charge < -0.3 is 5.32 Å². The van der Waals surface area contributed by atoms with E-state index in [0.29, 0.717) is 35.7 Å². The Labute approximate surface area is 162 Å². The first-order valence-corrected chi connectivity index (χ1v) is 10.5. The Kier molecular flexibility index (Phi) is 4.82. The molecule has 144 valence electrons. The Morgan fingerprint density at radius 3 is 2.71 bits per heavy atom. The molecule has 1 aliphatic heterocycles. The summed E-state index contributed by atoms with van der Waals surface area (Å²) < 4.78 is 27.6. The number of carbonyl (C=O) groups is 1. The van der Waals surface area contributed by atoms with Gasteiger partial charge in [-0.1, -0.05) is 6.07 Å². The van der Waals surface area contributed by atoms with Crippen LogP contribution in [0.2, 0.25) is 0 Å². The van der Waals surface area contributed by atoms with E-state index in [2.05, 4.69) is 15.4 Å². The summed E-state index contributed by atoms with van der Waals surface area (Å²) in [6, 6.07) is 12.0. The van der Waals surface area contributed by atoms with Crippen molar-refractivity contribution in [2.45, 2.75) is 12.8 Å². The van der Waals surface area contributed by atoms with Gasteiger partial charge in [-0.05, 0) is 49.2 Å². The van der Waals surface area contributed by atoms with Crippen molar-refractivity contribution in [3.8, 4) is 5.82 Å². The van der Waals surface area contributed by atoms with Crippen LogP contribution in [0, 0.1) is 0 Å². The number of hydrogen-bond acceptors (Lipinski definition) is 5. The van der Waals surface area contributed by atoms with Crippen LogP contribution in [0.3, 0.4) is 0 Å². The Morgan fingerprint density at radius 1 is 1.11 bits per heavy atom. The van der Waals surface area contributed by atoms with E-state index in [1.165, 1.54) is 10.5 Å². The minimum absolute atomic E-state index is 0.151. The predicted octanol–water partition coefficient (Wildman–Crippen LogP) is 2.45. The summed E-state index contributed by atoms with van der Waals surface area (Å²) in [7, 11) is -3.30. The van der Waals surface area contributed by atoms with Crippen LogP contribution in [0.5, 0.6) is 0 Å². The summed E-state index contributed by atoms with van der Waals surface area (Å²) in [4.78, 5) is 16.8. The van der Waals surface area contributed by atoms with Gasteiger partial charge in [-0.2, -0.15) is 5.10 Å². The molecule has 4 rings (SSSR count). The van der Waals surface area contributed by atoms with Gasteiger partial charge in [0, 0.05) is 30.8 Å². The maximum atomic E-state index is 12.5. The molecule has 0 spiro atoms. The summed E-state index contributed by atoms with van der Waals surface area (Å²) in [5.41, 5.74) is 1.48. The summed E-state index contributed by atoms with van der Waals surface area (Å²) in [6.07, 6.45) is 6.40. The Bertz CT molecular complexity index is 1080. The minimum Gasteiger partial charge on any atom is -0.322 e. The fourth-order valence-corrected chi connectivity index (χ4v) is 4.71. The van der Waals surface area contributed by atoms with E-state index in [0.717, 1.165) is 6.42 Å². The van der Waals surface area contributed by atoms with Gasteiger partial charge in [-0.3, -0.25) is 9.10 Å². The topological polar surface area (TPSA) is 97.2 Å². The molecular formula is C19H19N5O3S. The molecule has 3 heterocycles. The Balaban J connectivity index is 1.50. The summed E-state index contributed by atoms with van der Waals surface area (Å²) in [5, 5.41) is 6.89. The fourth-order valence-electron chi connectivity index (χ4n) is 3.08. The zero-order valence-electron chi connectivity index (χ0n) is 15.0. The number of amides is 1. The molecule has 0 bridgehead atoms. The van der Waals surface area contributed by atoms with E-state index in [-0.39, 0.29) is 11.7 Å². The zero-order valence-corrected chi connectivity index (χ0v) is 15.8. The van der Waals surface area contributed by atoms with E-state index < -0.39 is 10.0 Å². The van der Waals surface area contributed by atoms with Crippen molar-refractivity contribution >= 4 is 27.3 Å². The highest BCUT2D eigenvalue weighted by atomic mass is 32.2. The van der Waals surface area contributed by atoms with Crippen LogP contribution in [-0.2, 0) is 10.0 Å². The molecule has 0 atom stereocenters. The van der Waals surface area contributed by atoms with Gasteiger partial charge in [0.2, 0.25) is 10.0 Å². The number of anilines is 2. The molecule has 2 aromatic heterocycles. The average Bonchev–Trinajstić information content (AvgIpc) is 3.23. The van der Waals surface area contributed by atoms with Crippen LogP contribution in [0.15, 0.2) is 61.1 Å². The number of aromatic nitrogens is 3. The van der Waals surface area contributed by atoms with Crippen molar-refractivity contribution in [2.24, 2.45) is 0 Å². The van der Waals surface area contributed by atoms with E-state index in [4.69, 9.17) is 0 Å². The summed E-state index contributed by atoms with van der Waals surface area (Å²) in [6.45, 7) is 0.457. The normalized spacial score (nSPS) is 15.9. The van der Waals surface area contributed by atoms with Crippen LogP contribution in [-0.4, -0.2) is 41.4 Å². The molecular weight excluding hydrogens is 378 g/mol. The standard InChI is InChI=1S/C19H19N5O3S/c25-19(15-7-8-18(20-14-15)23-10-4-9-21-23)22-16-5-3-6-17(13-16)24-11-1-2-12-28(24,26)27/h3-10,13-14H,1-2,11-12H2,(H,22,25). The molecule has 0 unspecified atom stereocenters. The van der Waals surface area contributed by atoms with E-state index >= 15 is 0 Å². The fraction of sp³-hybridized carbons (Fsp3) is 0.211. The van der Waals surface area contributed by atoms with E-state index in [1.807, 2.05) is 0 Å². The molecule has 1 aliphatic rings. The first-order valence-electron chi connectivity index (χ1n) is 8.91. The number of sulfonamides is 1. The molecule has 1 amide bonds. The SMILES string of the molecule is O=C(Nc1cccc(N2CCCCS2(=O)=O)c1)c1ccc(-n2cccn2)nc1. The number of benzene rings is 1. The van der Waals surface area contributed by atoms with Crippen LogP contribution in [0.25, 0.3) is 5.82 Å². The smallest absolute Gasteiger partial charge is 0.257 e. The third-order valence-corrected chi connectivity index (χ3v) is 6.36. The van der Waals surface area contributed by atoms with E-state index in [9.17, 15) is 13.2 Å². The first-order chi connectivity index (χ1) is 13.5. The highest BCUT2D eigenvalue weighted by Crippen LogP contribution is 2.26. The quantitative estimate of drug-likeness (QED) is 0.729. The third-order valence-electron chi connectivity index (χ3n) is 4.49. The molecule has 1 saturated heterocycles. The van der Waals surface area contributed by atoms with Crippen LogP contribution in [0.4, 0.5) is 11.4 Å². The monoisotopic (exact) mass is 397 g/mol. The van der Waals surface area contributed by atoms with Gasteiger partial charge in [0.15, 0.2) is 5.82 Å². The lowest BCUT2D eigenvalue weighted by atomic mass is 10.2. The van der Waals surface area contributed by atoms with Crippen molar-refractivity contribution in [3.05, 3.63) is 66.6 Å². The van der Waals surface area contributed by atoms with Crippen molar-refractivity contribution in [2.75, 3.05) is 21.9 Å². The maximum Gasteiger partial charge on any atom is 0.257 e. The predicted molar refractivity (Wildman–Crippen MR) is 106 cm³/mol. The van der Waals surface area contributed by atoms with Crippen molar-refractivity contribution in [3.63, 3.8) is 0 Å². The molecule has 3 aromatic rings. The number of hydrogen-bond donors (Lipinski definition) is 1. The van der Waals surface area contributed by atoms with Gasteiger partial charge in [0.25, 0.3) is 5.91 Å². The minimum atomic E-state index is -3.30. The Hall–Kier alpha value is -3.20. The second-order valence-corrected chi connectivity index (χ2v) is 8.47. The van der Waals surface area contributed by atoms with Crippen LogP contribution in [0.1, 0.15) is 23.2 Å². The molecule has 1 N–H and O–H groups in total. The highest BCUT2D eigenvalue weighted by molar-refractivity contribution is 7.92. The highest BCUT2D eigenvalue weighted by Gasteiger charge is 2.26. The Morgan fingerprint density at radius 2 is 2.00 bits per heavy atom. The molecule has 0 aliphatic carbocycles. The van der Waals surface area contributed by atoms with E-state index in [1.54, 1.807) is 59.5 Å². The molecule has 1 aromatic carbocycles. The lowest BCUT2D eigenvalue weighted by Gasteiger charge is -2.28. The third kappa shape index (κ3) is 3.74. The van der Waals surface area contributed by atoms with Gasteiger partial charge in [0.05, 0.1) is 17.0 Å². The molecule has 0 radical (unpaired) electrons. The second kappa shape index (κ2) is 7.43. The molecule has 28 heavy (non-hydrogen) atoms. The largest absolute Gasteiger partial charge is 0.322 e. The number of carbonyl (C=O) groups excluding carboxylic acids is 1. The number of nitrogens with zero attached hydrogens (tertiary/aromatic N) is 4. The van der Waals surface area contributed by atoms with Gasteiger partial charge in [-0.25, -0.2) is 18.1 Å². The van der Waals surface area contributed by atoms with Crippen LogP contribution >= 0.6 is 0 Å². The lowest BCUT2D eigenvalue weighted by molar-refractivity contribution is 0.102. The van der Waals surface area contributed by atoms with Crippen molar-refractivity contribution in [1.82, 2.24) is 14.8 Å². The lowest BCUT2D eigenvalue weighted by Crippen LogP contribution is -2.37. The van der Waals surface area contributed by atoms with Gasteiger partial charge in [-0.15, -0.1) is 0 Å². The number of pyridine rings is 1. The second-order valence-electron chi connectivity index (χ2n) is 6.46. The molecule has 1 fully saturated rings. The van der Waals surface area contributed by atoms with Crippen molar-refractivity contribution in [1.29, 1.82) is 0 Å². The zero-order chi connectivity index (χ0) is 19.6. The van der Waals surface area contributed by atoms with Gasteiger partial charge in [0.1, 0.15) is 0 Å². The molecule has 9 heteroatoms. The average molecular weight is 397 g/mol. The van der Waals surface area contributed by atoms with Crippen LogP contribution < -0.4 is 9.62 Å². The summed E-state index contributed by atoms with van der Waals surface area (Å²) >= 11 is 0. The maximum absolute atomic E-state index is 12.5. The number of rotatable bonds is 4. The first kappa shape index (κ1) is 18.2. The van der Waals surface area contributed by atoms with Crippen molar-refractivity contribution < 1.29 is 13.2 Å². The number of nitrogens with one attached hydrogen (secondary N) is 1.